The van der Waals surface area contributed by atoms with Crippen molar-refractivity contribution in [1.82, 2.24) is 0 Å². The summed E-state index contributed by atoms with van der Waals surface area (Å²) in [6.45, 7) is 0. The zero-order valence-corrected chi connectivity index (χ0v) is 12.3. The minimum Gasteiger partial charge on any atom is -0.289 e. The third-order valence-electron chi connectivity index (χ3n) is 2.81. The number of rotatable bonds is 3. The highest BCUT2D eigenvalue weighted by Crippen LogP contribution is 2.23. The Bertz CT molecular complexity index is 849. The van der Waals surface area contributed by atoms with E-state index in [1.54, 1.807) is 24.3 Å². The molecule has 0 fully saturated rings. The van der Waals surface area contributed by atoms with E-state index in [-0.39, 0.29) is 21.3 Å². The molecular formula is C15H10ClNO3S. The van der Waals surface area contributed by atoms with Crippen molar-refractivity contribution in [2.45, 2.75) is 4.90 Å². The Morgan fingerprint density at radius 1 is 1.10 bits per heavy atom. The van der Waals surface area contributed by atoms with Crippen LogP contribution in [0.4, 0.5) is 0 Å². The molecule has 2 aromatic carbocycles. The van der Waals surface area contributed by atoms with Gasteiger partial charge in [-0.3, -0.25) is 4.79 Å². The Labute approximate surface area is 127 Å². The summed E-state index contributed by atoms with van der Waals surface area (Å²) < 4.78 is 22.8. The van der Waals surface area contributed by atoms with E-state index in [1.807, 2.05) is 0 Å². The third kappa shape index (κ3) is 3.31. The molecule has 0 aliphatic rings. The summed E-state index contributed by atoms with van der Waals surface area (Å²) in [6.07, 6.45) is 5.24. The fourth-order valence-corrected chi connectivity index (χ4v) is 2.82. The highest BCUT2D eigenvalue weighted by molar-refractivity contribution is 7.89. The predicted octanol–water partition coefficient (Wildman–Crippen LogP) is 2.20. The maximum Gasteiger partial charge on any atom is 0.239 e. The van der Waals surface area contributed by atoms with Crippen LogP contribution in [0, 0.1) is 12.3 Å². The summed E-state index contributed by atoms with van der Waals surface area (Å²) in [5.41, 5.74) is 1.21. The molecule has 2 aromatic rings. The van der Waals surface area contributed by atoms with Gasteiger partial charge in [0.15, 0.2) is 5.78 Å². The normalized spacial score (nSPS) is 10.9. The van der Waals surface area contributed by atoms with E-state index in [0.29, 0.717) is 11.1 Å². The molecule has 0 aromatic heterocycles. The van der Waals surface area contributed by atoms with Crippen molar-refractivity contribution in [2.75, 3.05) is 0 Å². The summed E-state index contributed by atoms with van der Waals surface area (Å²) in [5, 5.41) is 5.03. The van der Waals surface area contributed by atoms with Crippen LogP contribution in [0.15, 0.2) is 47.4 Å². The lowest BCUT2D eigenvalue weighted by Crippen LogP contribution is -2.14. The molecule has 0 aliphatic carbocycles. The van der Waals surface area contributed by atoms with Crippen LogP contribution >= 0.6 is 11.6 Å². The van der Waals surface area contributed by atoms with Crippen molar-refractivity contribution in [1.29, 1.82) is 0 Å². The Kier molecular flexibility index (Phi) is 4.14. The van der Waals surface area contributed by atoms with Crippen LogP contribution in [-0.4, -0.2) is 14.2 Å². The molecule has 0 heterocycles. The van der Waals surface area contributed by atoms with Gasteiger partial charge in [0.1, 0.15) is 4.90 Å². The number of hydrogen-bond donors (Lipinski definition) is 1. The average molecular weight is 320 g/mol. The number of terminal acetylenes is 1. The van der Waals surface area contributed by atoms with E-state index in [0.717, 1.165) is 6.07 Å². The first-order chi connectivity index (χ1) is 9.82. The summed E-state index contributed by atoms with van der Waals surface area (Å²) in [5.74, 6) is 2.10. The van der Waals surface area contributed by atoms with Crippen LogP contribution in [0.2, 0.25) is 5.02 Å². The molecule has 4 nitrogen and oxygen atoms in total. The van der Waals surface area contributed by atoms with Gasteiger partial charge in [-0.15, -0.1) is 6.42 Å². The van der Waals surface area contributed by atoms with Crippen LogP contribution in [0.25, 0.3) is 0 Å². The number of nitrogens with two attached hydrogens (primary N) is 1. The van der Waals surface area contributed by atoms with Gasteiger partial charge in [0.2, 0.25) is 10.0 Å². The zero-order chi connectivity index (χ0) is 15.6. The van der Waals surface area contributed by atoms with E-state index in [1.165, 1.54) is 12.1 Å². The van der Waals surface area contributed by atoms with Gasteiger partial charge >= 0.3 is 0 Å². The topological polar surface area (TPSA) is 77.2 Å². The number of primary sulfonamides is 1. The fraction of sp³-hybridized carbons (Fsp3) is 0. The quantitative estimate of drug-likeness (QED) is 0.696. The second-order valence-electron chi connectivity index (χ2n) is 4.24. The molecule has 0 atom stereocenters. The van der Waals surface area contributed by atoms with Crippen LogP contribution < -0.4 is 5.14 Å². The molecule has 21 heavy (non-hydrogen) atoms. The summed E-state index contributed by atoms with van der Waals surface area (Å²) >= 11 is 5.78. The smallest absolute Gasteiger partial charge is 0.239 e. The molecule has 0 saturated heterocycles. The summed E-state index contributed by atoms with van der Waals surface area (Å²) in [6, 6.07) is 10.3. The maximum absolute atomic E-state index is 12.3. The van der Waals surface area contributed by atoms with E-state index < -0.39 is 10.0 Å². The average Bonchev–Trinajstić information content (AvgIpc) is 2.46. The lowest BCUT2D eigenvalue weighted by atomic mass is 10.0. The van der Waals surface area contributed by atoms with E-state index >= 15 is 0 Å². The summed E-state index contributed by atoms with van der Waals surface area (Å²) in [7, 11) is -3.99. The van der Waals surface area contributed by atoms with Crippen LogP contribution in [0.3, 0.4) is 0 Å². The van der Waals surface area contributed by atoms with E-state index in [2.05, 4.69) is 5.92 Å². The molecule has 0 bridgehead atoms. The number of benzene rings is 2. The van der Waals surface area contributed by atoms with Gasteiger partial charge in [0, 0.05) is 16.7 Å². The Morgan fingerprint density at radius 3 is 2.19 bits per heavy atom. The molecule has 0 aliphatic heterocycles. The van der Waals surface area contributed by atoms with E-state index in [9.17, 15) is 13.2 Å². The number of carbonyl (C=O) groups excluding carboxylic acids is 1. The minimum atomic E-state index is -3.99. The molecule has 2 N–H and O–H groups in total. The number of halogens is 1. The largest absolute Gasteiger partial charge is 0.289 e. The van der Waals surface area contributed by atoms with Crippen LogP contribution in [0.1, 0.15) is 21.5 Å². The second kappa shape index (κ2) is 5.70. The van der Waals surface area contributed by atoms with Crippen molar-refractivity contribution in [3.8, 4) is 12.3 Å². The van der Waals surface area contributed by atoms with Crippen molar-refractivity contribution in [3.63, 3.8) is 0 Å². The highest BCUT2D eigenvalue weighted by atomic mass is 35.5. The van der Waals surface area contributed by atoms with Crippen molar-refractivity contribution < 1.29 is 13.2 Å². The molecule has 2 rings (SSSR count). The standard InChI is InChI=1S/C15H10ClNO3S/c1-2-10-3-5-11(6-4-10)15(18)12-7-8-13(16)14(9-12)21(17,19)20/h1,3-9H,(H2,17,19,20). The Hall–Kier alpha value is -2.13. The lowest BCUT2D eigenvalue weighted by molar-refractivity contribution is 0.103. The molecule has 0 unspecified atom stereocenters. The van der Waals surface area contributed by atoms with Gasteiger partial charge in [-0.05, 0) is 42.5 Å². The summed E-state index contributed by atoms with van der Waals surface area (Å²) in [4.78, 5) is 12.0. The number of sulfonamides is 1. The number of carbonyl (C=O) groups is 1. The molecule has 106 valence electrons. The van der Waals surface area contributed by atoms with Crippen molar-refractivity contribution in [2.24, 2.45) is 5.14 Å². The number of hydrogen-bond acceptors (Lipinski definition) is 3. The monoisotopic (exact) mass is 319 g/mol. The van der Waals surface area contributed by atoms with Gasteiger partial charge in [-0.25, -0.2) is 13.6 Å². The second-order valence-corrected chi connectivity index (χ2v) is 6.18. The molecule has 0 radical (unpaired) electrons. The van der Waals surface area contributed by atoms with Gasteiger partial charge < -0.3 is 0 Å². The first-order valence-corrected chi connectivity index (χ1v) is 7.69. The van der Waals surface area contributed by atoms with Crippen molar-refractivity contribution in [3.05, 3.63) is 64.2 Å². The van der Waals surface area contributed by atoms with Gasteiger partial charge in [0.25, 0.3) is 0 Å². The first-order valence-electron chi connectivity index (χ1n) is 5.76. The van der Waals surface area contributed by atoms with Crippen LogP contribution in [0.5, 0.6) is 0 Å². The van der Waals surface area contributed by atoms with Gasteiger partial charge in [-0.1, -0.05) is 17.5 Å². The van der Waals surface area contributed by atoms with Gasteiger partial charge in [-0.2, -0.15) is 0 Å². The Balaban J connectivity index is 2.47. The lowest BCUT2D eigenvalue weighted by Gasteiger charge is -2.06. The fourth-order valence-electron chi connectivity index (χ4n) is 1.75. The molecule has 0 amide bonds. The molecule has 0 saturated carbocycles. The zero-order valence-electron chi connectivity index (χ0n) is 10.7. The maximum atomic E-state index is 12.3. The third-order valence-corrected chi connectivity index (χ3v) is 4.21. The van der Waals surface area contributed by atoms with E-state index in [4.69, 9.17) is 23.2 Å². The molecule has 0 spiro atoms. The number of ketones is 1. The highest BCUT2D eigenvalue weighted by Gasteiger charge is 2.17. The molecule has 6 heteroatoms. The van der Waals surface area contributed by atoms with Gasteiger partial charge in [0.05, 0.1) is 5.02 Å². The molecular weight excluding hydrogens is 310 g/mol. The first kappa shape index (κ1) is 15.3. The van der Waals surface area contributed by atoms with Crippen molar-refractivity contribution >= 4 is 27.4 Å². The Morgan fingerprint density at radius 2 is 1.67 bits per heavy atom. The van der Waals surface area contributed by atoms with Crippen LogP contribution in [-0.2, 0) is 10.0 Å². The SMILES string of the molecule is C#Cc1ccc(C(=O)c2ccc(Cl)c(S(N)(=O)=O)c2)cc1. The minimum absolute atomic E-state index is 0.0308. The predicted molar refractivity (Wildman–Crippen MR) is 80.6 cm³/mol.